The Morgan fingerprint density at radius 2 is 2.20 bits per heavy atom. The lowest BCUT2D eigenvalue weighted by molar-refractivity contribution is -0.385. The Balaban J connectivity index is 1.65. The van der Waals surface area contributed by atoms with Crippen molar-refractivity contribution in [3.8, 4) is 0 Å². The van der Waals surface area contributed by atoms with Crippen LogP contribution in [0.2, 0.25) is 0 Å². The van der Waals surface area contributed by atoms with Gasteiger partial charge in [0, 0.05) is 31.2 Å². The number of hydrogen-bond donors (Lipinski definition) is 1. The van der Waals surface area contributed by atoms with E-state index in [2.05, 4.69) is 10.2 Å². The first-order valence-electron chi connectivity index (χ1n) is 7.05. The van der Waals surface area contributed by atoms with Gasteiger partial charge in [0.2, 0.25) is 0 Å². The van der Waals surface area contributed by atoms with Crippen molar-refractivity contribution < 1.29 is 9.31 Å². The highest BCUT2D eigenvalue weighted by Crippen LogP contribution is 2.28. The van der Waals surface area contributed by atoms with Crippen molar-refractivity contribution in [2.45, 2.75) is 37.9 Å². The molecule has 1 aromatic rings. The summed E-state index contributed by atoms with van der Waals surface area (Å²) in [5.74, 6) is -0.551. The lowest BCUT2D eigenvalue weighted by atomic mass is 10.1. The number of non-ortho nitro benzene ring substituents is 1. The predicted octanol–water partition coefficient (Wildman–Crippen LogP) is 2.06. The zero-order valence-corrected chi connectivity index (χ0v) is 11.2. The molecule has 0 aliphatic carbocycles. The molecule has 1 N–H and O–H groups in total. The fourth-order valence-corrected chi connectivity index (χ4v) is 3.41. The van der Waals surface area contributed by atoms with Gasteiger partial charge in [0.1, 0.15) is 5.82 Å². The zero-order valence-electron chi connectivity index (χ0n) is 11.2. The molecule has 1 aromatic carbocycles. The molecule has 2 aliphatic rings. The van der Waals surface area contributed by atoms with Crippen LogP contribution in [0.15, 0.2) is 18.2 Å². The highest BCUT2D eigenvalue weighted by molar-refractivity contribution is 5.35. The number of nitrogens with zero attached hydrogens (tertiary/aromatic N) is 2. The average molecular weight is 279 g/mol. The zero-order chi connectivity index (χ0) is 14.1. The standard InChI is InChI=1S/C14H18FN3O2/c15-11-6-10(7-12(8-11)18(19)20)9-16-13-3-5-17-4-1-2-14(13)17/h6-8,13-14,16H,1-5,9H2. The van der Waals surface area contributed by atoms with Crippen molar-refractivity contribution in [3.63, 3.8) is 0 Å². The van der Waals surface area contributed by atoms with E-state index in [0.29, 0.717) is 24.2 Å². The maximum Gasteiger partial charge on any atom is 0.272 e. The number of nitro groups is 1. The fourth-order valence-electron chi connectivity index (χ4n) is 3.41. The molecular formula is C14H18FN3O2. The summed E-state index contributed by atoms with van der Waals surface area (Å²) < 4.78 is 13.4. The molecule has 0 spiro atoms. The number of nitrogens with one attached hydrogen (secondary N) is 1. The van der Waals surface area contributed by atoms with Gasteiger partial charge in [-0.1, -0.05) is 0 Å². The third kappa shape index (κ3) is 2.66. The molecule has 0 aromatic heterocycles. The Bertz CT molecular complexity index is 523. The predicted molar refractivity (Wildman–Crippen MR) is 72.9 cm³/mol. The molecule has 2 aliphatic heterocycles. The SMILES string of the molecule is O=[N+]([O-])c1cc(F)cc(CNC2CCN3CCCC23)c1. The molecule has 2 heterocycles. The van der Waals surface area contributed by atoms with Crippen LogP contribution in [-0.4, -0.2) is 35.0 Å². The number of fused-ring (bicyclic) bond motifs is 1. The van der Waals surface area contributed by atoms with E-state index in [9.17, 15) is 14.5 Å². The van der Waals surface area contributed by atoms with Gasteiger partial charge in [-0.3, -0.25) is 15.0 Å². The molecule has 2 unspecified atom stereocenters. The van der Waals surface area contributed by atoms with E-state index in [1.807, 2.05) is 0 Å². The highest BCUT2D eigenvalue weighted by Gasteiger charge is 2.36. The second-order valence-electron chi connectivity index (χ2n) is 5.60. The van der Waals surface area contributed by atoms with Crippen LogP contribution in [0.25, 0.3) is 0 Å². The summed E-state index contributed by atoms with van der Waals surface area (Å²) in [6, 6.07) is 4.76. The summed E-state index contributed by atoms with van der Waals surface area (Å²) >= 11 is 0. The van der Waals surface area contributed by atoms with E-state index < -0.39 is 10.7 Å². The fraction of sp³-hybridized carbons (Fsp3) is 0.571. The normalized spacial score (nSPS) is 25.9. The summed E-state index contributed by atoms with van der Waals surface area (Å²) in [6.07, 6.45) is 3.55. The van der Waals surface area contributed by atoms with Crippen molar-refractivity contribution in [3.05, 3.63) is 39.7 Å². The first kappa shape index (κ1) is 13.5. The number of benzene rings is 1. The van der Waals surface area contributed by atoms with Gasteiger partial charge in [-0.15, -0.1) is 0 Å². The van der Waals surface area contributed by atoms with Gasteiger partial charge in [0.15, 0.2) is 0 Å². The minimum absolute atomic E-state index is 0.185. The summed E-state index contributed by atoms with van der Waals surface area (Å²) in [6.45, 7) is 2.77. The molecule has 3 rings (SSSR count). The molecule has 0 radical (unpaired) electrons. The molecular weight excluding hydrogens is 261 g/mol. The van der Waals surface area contributed by atoms with Crippen molar-refractivity contribution in [1.82, 2.24) is 10.2 Å². The molecule has 6 heteroatoms. The Morgan fingerprint density at radius 3 is 3.00 bits per heavy atom. The van der Waals surface area contributed by atoms with Crippen LogP contribution < -0.4 is 5.32 Å². The number of hydrogen-bond acceptors (Lipinski definition) is 4. The van der Waals surface area contributed by atoms with Gasteiger partial charge >= 0.3 is 0 Å². The monoisotopic (exact) mass is 279 g/mol. The van der Waals surface area contributed by atoms with E-state index in [1.165, 1.54) is 31.5 Å². The summed E-state index contributed by atoms with van der Waals surface area (Å²) in [5.41, 5.74) is 0.448. The lowest BCUT2D eigenvalue weighted by Gasteiger charge is -2.21. The molecule has 2 atom stereocenters. The van der Waals surface area contributed by atoms with Gasteiger partial charge in [-0.05, 0) is 37.4 Å². The van der Waals surface area contributed by atoms with Gasteiger partial charge in [0.25, 0.3) is 5.69 Å². The summed E-state index contributed by atoms with van der Waals surface area (Å²) in [7, 11) is 0. The van der Waals surface area contributed by atoms with Crippen LogP contribution >= 0.6 is 0 Å². The van der Waals surface area contributed by atoms with Gasteiger partial charge in [0.05, 0.1) is 11.0 Å². The van der Waals surface area contributed by atoms with E-state index in [-0.39, 0.29) is 5.69 Å². The molecule has 2 fully saturated rings. The van der Waals surface area contributed by atoms with Crippen LogP contribution in [-0.2, 0) is 6.54 Å². The molecule has 0 saturated carbocycles. The third-order valence-electron chi connectivity index (χ3n) is 4.33. The molecule has 5 nitrogen and oxygen atoms in total. The first-order chi connectivity index (χ1) is 9.63. The lowest BCUT2D eigenvalue weighted by Crippen LogP contribution is -2.38. The van der Waals surface area contributed by atoms with E-state index in [1.54, 1.807) is 0 Å². The van der Waals surface area contributed by atoms with Crippen molar-refractivity contribution in [2.24, 2.45) is 0 Å². The van der Waals surface area contributed by atoms with Gasteiger partial charge in [-0.2, -0.15) is 0 Å². The minimum Gasteiger partial charge on any atom is -0.308 e. The van der Waals surface area contributed by atoms with E-state index in [4.69, 9.17) is 0 Å². The first-order valence-corrected chi connectivity index (χ1v) is 7.05. The van der Waals surface area contributed by atoms with Crippen molar-refractivity contribution in [2.75, 3.05) is 13.1 Å². The van der Waals surface area contributed by atoms with E-state index in [0.717, 1.165) is 19.0 Å². The molecule has 0 bridgehead atoms. The molecule has 2 saturated heterocycles. The smallest absolute Gasteiger partial charge is 0.272 e. The van der Waals surface area contributed by atoms with Crippen LogP contribution in [0, 0.1) is 15.9 Å². The quantitative estimate of drug-likeness (QED) is 0.677. The van der Waals surface area contributed by atoms with Crippen LogP contribution in [0.4, 0.5) is 10.1 Å². The van der Waals surface area contributed by atoms with Gasteiger partial charge in [-0.25, -0.2) is 4.39 Å². The van der Waals surface area contributed by atoms with E-state index >= 15 is 0 Å². The average Bonchev–Trinajstić information content (AvgIpc) is 2.98. The molecule has 20 heavy (non-hydrogen) atoms. The van der Waals surface area contributed by atoms with Crippen LogP contribution in [0.1, 0.15) is 24.8 Å². The summed E-state index contributed by atoms with van der Waals surface area (Å²) in [5, 5.41) is 14.2. The maximum absolute atomic E-state index is 13.4. The maximum atomic E-state index is 13.4. The third-order valence-corrected chi connectivity index (χ3v) is 4.33. The number of halogens is 1. The van der Waals surface area contributed by atoms with Gasteiger partial charge < -0.3 is 5.32 Å². The van der Waals surface area contributed by atoms with Crippen molar-refractivity contribution >= 4 is 5.69 Å². The highest BCUT2D eigenvalue weighted by atomic mass is 19.1. The Kier molecular flexibility index (Phi) is 3.67. The van der Waals surface area contributed by atoms with Crippen molar-refractivity contribution in [1.29, 1.82) is 0 Å². The second kappa shape index (κ2) is 5.46. The molecule has 108 valence electrons. The Morgan fingerprint density at radius 1 is 1.35 bits per heavy atom. The second-order valence-corrected chi connectivity index (χ2v) is 5.60. The number of rotatable bonds is 4. The Labute approximate surface area is 116 Å². The molecule has 0 amide bonds. The largest absolute Gasteiger partial charge is 0.308 e. The minimum atomic E-state index is -0.555. The van der Waals surface area contributed by atoms with Crippen LogP contribution in [0.5, 0.6) is 0 Å². The topological polar surface area (TPSA) is 58.4 Å². The number of nitro benzene ring substituents is 1. The summed E-state index contributed by atoms with van der Waals surface area (Å²) in [4.78, 5) is 12.7. The van der Waals surface area contributed by atoms with Crippen LogP contribution in [0.3, 0.4) is 0 Å². The Hall–Kier alpha value is -1.53.